The van der Waals surface area contributed by atoms with Gasteiger partial charge in [-0.15, -0.1) is 0 Å². The summed E-state index contributed by atoms with van der Waals surface area (Å²) in [6.45, 7) is 4.81. The highest BCUT2D eigenvalue weighted by atomic mass is 79.9. The molecule has 0 bridgehead atoms. The fourth-order valence-corrected chi connectivity index (χ4v) is 12.5. The van der Waals surface area contributed by atoms with Crippen molar-refractivity contribution in [3.63, 3.8) is 0 Å². The highest BCUT2D eigenvalue weighted by Gasteiger charge is 2.09. The van der Waals surface area contributed by atoms with E-state index in [1.807, 2.05) is 180 Å². The Kier molecular flexibility index (Phi) is 47.6. The number of aliphatic hydroxyl groups excluding tert-OH is 6. The number of aromatic nitrogens is 3. The van der Waals surface area contributed by atoms with Crippen LogP contribution in [0.3, 0.4) is 0 Å². The lowest BCUT2D eigenvalue weighted by atomic mass is 10.2. The molecule has 6 N–H and O–H groups in total. The van der Waals surface area contributed by atoms with Crippen molar-refractivity contribution in [1.29, 1.82) is 0 Å². The van der Waals surface area contributed by atoms with E-state index in [2.05, 4.69) is 76.7 Å². The Morgan fingerprint density at radius 2 is 0.593 bits per heavy atom. The van der Waals surface area contributed by atoms with Gasteiger partial charge in [-0.05, 0) is 84.9 Å². The molecule has 81 heavy (non-hydrogen) atoms. The van der Waals surface area contributed by atoms with Gasteiger partial charge in [-0.25, -0.2) is 9.13 Å². The van der Waals surface area contributed by atoms with E-state index in [1.165, 1.54) is 11.5 Å². The monoisotopic (exact) mass is 1450 g/mol. The number of rotatable bonds is 33. The second-order valence-electron chi connectivity index (χ2n) is 15.9. The van der Waals surface area contributed by atoms with Crippen LogP contribution in [0, 0.1) is 0 Å². The molecule has 0 unspecified atom stereocenters. The van der Waals surface area contributed by atoms with Crippen LogP contribution in [0.25, 0.3) is 0 Å². The topological polar surface area (TPSA) is 226 Å². The lowest BCUT2D eigenvalue weighted by Gasteiger charge is -2.22. The zero-order valence-electron chi connectivity index (χ0n) is 43.7. The van der Waals surface area contributed by atoms with Crippen molar-refractivity contribution >= 4 is 126 Å². The van der Waals surface area contributed by atoms with E-state index in [0.29, 0.717) is 39.3 Å². The van der Waals surface area contributed by atoms with E-state index in [0.717, 1.165) is 86.4 Å². The molecular weight excluding hydrogens is 1370 g/mol. The number of hydrogen-bond acceptors (Lipinski definition) is 20. The summed E-state index contributed by atoms with van der Waals surface area (Å²) in [5.74, 6) is 4.38. The lowest BCUT2D eigenvalue weighted by Crippen LogP contribution is -3.00. The predicted octanol–water partition coefficient (Wildman–Crippen LogP) is 5.48. The molecule has 0 fully saturated rings. The maximum absolute atomic E-state index is 9.23. The van der Waals surface area contributed by atoms with Crippen molar-refractivity contribution in [3.8, 4) is 0 Å². The van der Waals surface area contributed by atoms with Crippen LogP contribution in [-0.4, -0.2) is 148 Å². The number of azo groups is 3. The number of halogens is 4. The Labute approximate surface area is 532 Å². The number of nitrogens with zero attached hydrogens (tertiary/aromatic N) is 12. The summed E-state index contributed by atoms with van der Waals surface area (Å²) < 4.78 is 4.27. The third kappa shape index (κ3) is 32.9. The van der Waals surface area contributed by atoms with Crippen LogP contribution < -0.4 is 57.8 Å². The van der Waals surface area contributed by atoms with Crippen LogP contribution in [0.4, 0.5) is 51.2 Å². The average Bonchev–Trinajstić information content (AvgIpc) is 3.47. The number of pyridine rings is 3. The average molecular weight is 1450 g/mol. The Morgan fingerprint density at radius 3 is 0.840 bits per heavy atom. The number of aliphatic hydroxyl groups is 6. The standard InChI is InChI=1S/C34H44N8O4S2.C15H18N4O2.C4H8Br2S2.2CH4.2BrH/c43-23-17-41(18-24-44)33-5-1-29(2-6-33)35-37-31-9-13-39(14-10-31)21-27-47-48-28-22-40-15-11-32(12-16-40)38-36-30-3-7-34(8-4-30)42(19-25-45)20-26-46;20-11-9-19(10-12-21)15-3-1-13(2-4-15)17-18-14-5-7-16-8-6-14;5-1-3-7-8-4-2-6;;;;/h1-16,43-46H,17-28H2;1-8,20-21H,9-12H2;1-4H2;2*1H4;2*1H/q+2;;;;;;/p-2. The molecule has 446 valence electrons. The third-order valence-electron chi connectivity index (χ3n) is 10.5. The molecule has 0 aliphatic carbocycles. The van der Waals surface area contributed by atoms with E-state index < -0.39 is 0 Å². The fourth-order valence-electron chi connectivity index (χ4n) is 6.70. The first-order chi connectivity index (χ1) is 37.9. The van der Waals surface area contributed by atoms with Crippen molar-refractivity contribution in [2.45, 2.75) is 27.9 Å². The highest BCUT2D eigenvalue weighted by Crippen LogP contribution is 2.26. The molecule has 6 aromatic rings. The van der Waals surface area contributed by atoms with Gasteiger partial charge in [0.15, 0.2) is 37.9 Å². The van der Waals surface area contributed by atoms with Crippen molar-refractivity contribution in [2.24, 2.45) is 30.7 Å². The molecule has 0 saturated carbocycles. The number of anilines is 3. The van der Waals surface area contributed by atoms with Gasteiger partial charge in [0.2, 0.25) is 0 Å². The van der Waals surface area contributed by atoms with Crippen molar-refractivity contribution in [3.05, 3.63) is 146 Å². The Balaban J connectivity index is 0.00000161. The zero-order chi connectivity index (χ0) is 55.0. The largest absolute Gasteiger partial charge is 1.00 e. The fraction of sp³-hybridized carbons (Fsp3) is 0.400. The summed E-state index contributed by atoms with van der Waals surface area (Å²) in [4.78, 5) is 9.66. The van der Waals surface area contributed by atoms with Gasteiger partial charge < -0.3 is 79.3 Å². The number of benzene rings is 3. The van der Waals surface area contributed by atoms with Gasteiger partial charge in [0.05, 0.1) is 85.3 Å². The number of hydrogen-bond donors (Lipinski definition) is 6. The second kappa shape index (κ2) is 49.8. The normalized spacial score (nSPS) is 10.6. The summed E-state index contributed by atoms with van der Waals surface area (Å²) in [5.41, 5.74) is 7.28. The minimum atomic E-state index is 0. The Bertz CT molecular complexity index is 2390. The van der Waals surface area contributed by atoms with E-state index in [1.54, 1.807) is 24.5 Å². The summed E-state index contributed by atoms with van der Waals surface area (Å²) in [5, 5.41) is 82.8. The molecule has 6 rings (SSSR count). The smallest absolute Gasteiger partial charge is 0.171 e. The Morgan fingerprint density at radius 1 is 0.358 bits per heavy atom. The minimum absolute atomic E-state index is 0. The molecule has 0 radical (unpaired) electrons. The Hall–Kier alpha value is -3.61. The molecule has 0 saturated heterocycles. The van der Waals surface area contributed by atoms with Gasteiger partial charge in [-0.1, -0.05) is 89.9 Å². The minimum Gasteiger partial charge on any atom is -1.00 e. The maximum atomic E-state index is 9.23. The van der Waals surface area contributed by atoms with E-state index >= 15 is 0 Å². The molecule has 0 aliphatic rings. The molecule has 18 nitrogen and oxygen atoms in total. The summed E-state index contributed by atoms with van der Waals surface area (Å²) in [7, 11) is 7.54. The highest BCUT2D eigenvalue weighted by molar-refractivity contribution is 9.09. The van der Waals surface area contributed by atoms with Crippen LogP contribution in [0.2, 0.25) is 0 Å². The number of aryl methyl sites for hydroxylation is 2. The number of alkyl halides is 2. The van der Waals surface area contributed by atoms with Crippen LogP contribution in [0.15, 0.2) is 177 Å². The first-order valence-electron chi connectivity index (χ1n) is 24.8. The second-order valence-corrected chi connectivity index (χ2v) is 22.9. The van der Waals surface area contributed by atoms with Gasteiger partial charge in [-0.3, -0.25) is 4.98 Å². The quantitative estimate of drug-likeness (QED) is 0.00987. The van der Waals surface area contributed by atoms with Crippen molar-refractivity contribution in [2.75, 3.05) is 127 Å². The molecule has 26 heteroatoms. The van der Waals surface area contributed by atoms with E-state index in [9.17, 15) is 20.4 Å². The lowest BCUT2D eigenvalue weighted by molar-refractivity contribution is -0.692. The maximum Gasteiger partial charge on any atom is 0.171 e. The van der Waals surface area contributed by atoms with Gasteiger partial charge >= 0.3 is 0 Å². The van der Waals surface area contributed by atoms with Gasteiger partial charge in [0.25, 0.3) is 0 Å². The summed E-state index contributed by atoms with van der Waals surface area (Å²) >= 11 is 6.71. The van der Waals surface area contributed by atoms with Gasteiger partial charge in [0, 0.05) is 115 Å². The van der Waals surface area contributed by atoms with Crippen molar-refractivity contribution < 1.29 is 73.7 Å². The summed E-state index contributed by atoms with van der Waals surface area (Å²) in [6.07, 6.45) is 11.4. The molecule has 0 spiro atoms. The van der Waals surface area contributed by atoms with Crippen molar-refractivity contribution in [1.82, 2.24) is 4.98 Å². The first kappa shape index (κ1) is 77.4. The third-order valence-corrected chi connectivity index (χ3v) is 17.1. The van der Waals surface area contributed by atoms with Gasteiger partial charge in [0.1, 0.15) is 0 Å². The first-order valence-corrected chi connectivity index (χ1v) is 32.0. The SMILES string of the molecule is BrCCSSCCBr.C.C.OCCN(CCO)c1ccc(N=Nc2cc[n+](CCSSCC[n+]3ccc(N=Nc4ccc(N(CCO)CCO)cc4)cc3)cc2)cc1.OCCN(CCO)c1ccc(N=Nc2ccncc2)cc1.[Br-].[Br-]. The molecule has 3 aromatic carbocycles. The molecule has 3 aromatic heterocycles. The molecular formula is C55H78Br4N12O6S4. The van der Waals surface area contributed by atoms with E-state index in [-0.39, 0.29) is 88.5 Å². The van der Waals surface area contributed by atoms with Gasteiger partial charge in [-0.2, -0.15) is 30.7 Å². The summed E-state index contributed by atoms with van der Waals surface area (Å²) in [6, 6.07) is 34.0. The van der Waals surface area contributed by atoms with Crippen LogP contribution in [0.1, 0.15) is 14.9 Å². The van der Waals surface area contributed by atoms with Crippen LogP contribution >= 0.6 is 75.0 Å². The predicted molar refractivity (Wildman–Crippen MR) is 339 cm³/mol. The van der Waals surface area contributed by atoms with Crippen LogP contribution in [-0.2, 0) is 13.1 Å². The van der Waals surface area contributed by atoms with Crippen LogP contribution in [0.5, 0.6) is 0 Å². The molecule has 0 atom stereocenters. The molecule has 3 heterocycles. The zero-order valence-corrected chi connectivity index (χ0v) is 53.3. The molecule has 0 amide bonds. The van der Waals surface area contributed by atoms with E-state index in [4.69, 9.17) is 10.2 Å². The molecule has 0 aliphatic heterocycles.